The van der Waals surface area contributed by atoms with Crippen molar-refractivity contribution < 1.29 is 14.3 Å². The van der Waals surface area contributed by atoms with Crippen LogP contribution >= 0.6 is 0 Å². The van der Waals surface area contributed by atoms with Gasteiger partial charge < -0.3 is 19.7 Å². The predicted molar refractivity (Wildman–Crippen MR) is 130 cm³/mol. The number of ether oxygens (including phenoxy) is 2. The molecule has 0 saturated carbocycles. The zero-order valence-corrected chi connectivity index (χ0v) is 19.7. The van der Waals surface area contributed by atoms with E-state index in [1.54, 1.807) is 34.8 Å². The molecular weight excluding hydrogens is 420 g/mol. The zero-order valence-electron chi connectivity index (χ0n) is 19.7. The molecular formula is C25H32N4O4. The Kier molecular flexibility index (Phi) is 8.43. The highest BCUT2D eigenvalue weighted by atomic mass is 16.5. The monoisotopic (exact) mass is 452 g/mol. The number of hydrogen-bond acceptors (Lipinski definition) is 5. The van der Waals surface area contributed by atoms with E-state index in [-0.39, 0.29) is 17.6 Å². The first-order chi connectivity index (χ1) is 16.0. The summed E-state index contributed by atoms with van der Waals surface area (Å²) in [5.41, 5.74) is 1.15. The van der Waals surface area contributed by atoms with Gasteiger partial charge in [0.2, 0.25) is 0 Å². The molecule has 8 nitrogen and oxygen atoms in total. The molecule has 0 spiro atoms. The summed E-state index contributed by atoms with van der Waals surface area (Å²) >= 11 is 0. The maximum Gasteiger partial charge on any atom is 0.322 e. The van der Waals surface area contributed by atoms with Crippen molar-refractivity contribution in [3.63, 3.8) is 0 Å². The number of aromatic nitrogens is 2. The summed E-state index contributed by atoms with van der Waals surface area (Å²) < 4.78 is 12.3. The van der Waals surface area contributed by atoms with Crippen LogP contribution in [-0.2, 0) is 11.3 Å². The molecule has 0 aliphatic rings. The third-order valence-corrected chi connectivity index (χ3v) is 5.49. The van der Waals surface area contributed by atoms with Gasteiger partial charge in [-0.3, -0.25) is 9.36 Å². The average Bonchev–Trinajstić information content (AvgIpc) is 2.83. The van der Waals surface area contributed by atoms with Crippen LogP contribution in [0.25, 0.3) is 10.9 Å². The summed E-state index contributed by atoms with van der Waals surface area (Å²) in [4.78, 5) is 33.0. The van der Waals surface area contributed by atoms with Crippen LogP contribution in [0.1, 0.15) is 39.1 Å². The molecule has 0 bridgehead atoms. The van der Waals surface area contributed by atoms with Gasteiger partial charge in [-0.15, -0.1) is 0 Å². The summed E-state index contributed by atoms with van der Waals surface area (Å²) in [6.45, 7) is 7.58. The van der Waals surface area contributed by atoms with E-state index in [0.717, 1.165) is 5.75 Å². The maximum atomic E-state index is 13.3. The van der Waals surface area contributed by atoms with Gasteiger partial charge >= 0.3 is 6.03 Å². The molecule has 0 fully saturated rings. The molecule has 2 aromatic carbocycles. The first-order valence-electron chi connectivity index (χ1n) is 11.3. The Balaban J connectivity index is 1.96. The Morgan fingerprint density at radius 3 is 2.48 bits per heavy atom. The molecule has 1 unspecified atom stereocenters. The van der Waals surface area contributed by atoms with E-state index in [1.165, 1.54) is 0 Å². The highest BCUT2D eigenvalue weighted by Crippen LogP contribution is 2.25. The minimum atomic E-state index is -0.383. The van der Waals surface area contributed by atoms with Gasteiger partial charge in [0, 0.05) is 19.3 Å². The van der Waals surface area contributed by atoms with Crippen LogP contribution in [0.3, 0.4) is 0 Å². The molecule has 0 aliphatic heterocycles. The van der Waals surface area contributed by atoms with Crippen molar-refractivity contribution in [2.24, 2.45) is 0 Å². The van der Waals surface area contributed by atoms with Crippen LogP contribution in [0.4, 0.5) is 10.5 Å². The summed E-state index contributed by atoms with van der Waals surface area (Å²) in [7, 11) is 1.60. The molecule has 1 atom stereocenters. The predicted octanol–water partition coefficient (Wildman–Crippen LogP) is 4.45. The largest absolute Gasteiger partial charge is 0.494 e. The lowest BCUT2D eigenvalue weighted by Gasteiger charge is -2.31. The van der Waals surface area contributed by atoms with Crippen LogP contribution < -0.4 is 15.6 Å². The van der Waals surface area contributed by atoms with E-state index in [9.17, 15) is 9.59 Å². The molecule has 0 radical (unpaired) electrons. The molecule has 1 aromatic heterocycles. The number of nitrogens with zero attached hydrogens (tertiary/aromatic N) is 3. The van der Waals surface area contributed by atoms with Crippen molar-refractivity contribution in [2.75, 3.05) is 32.2 Å². The number of anilines is 1. The standard InChI is InChI=1S/C25H32N4O4/c1-5-22(28(6-2)25(31)26-18-12-14-19(15-13-18)33-7-3)23-27-21-11-9-8-10-20(21)24(30)29(23)16-17-32-4/h8-15,22H,5-7,16-17H2,1-4H3,(H,26,31). The van der Waals surface area contributed by atoms with E-state index in [4.69, 9.17) is 14.5 Å². The van der Waals surface area contributed by atoms with Gasteiger partial charge in [-0.1, -0.05) is 19.1 Å². The number of hydrogen-bond donors (Lipinski definition) is 1. The summed E-state index contributed by atoms with van der Waals surface area (Å²) in [6, 6.07) is 13.9. The van der Waals surface area contributed by atoms with E-state index in [1.807, 2.05) is 51.1 Å². The van der Waals surface area contributed by atoms with Gasteiger partial charge in [0.05, 0.1) is 36.7 Å². The normalized spacial score (nSPS) is 11.9. The van der Waals surface area contributed by atoms with E-state index in [2.05, 4.69) is 5.32 Å². The minimum Gasteiger partial charge on any atom is -0.494 e. The first-order valence-corrected chi connectivity index (χ1v) is 11.3. The molecule has 1 heterocycles. The summed E-state index contributed by atoms with van der Waals surface area (Å²) in [5.74, 6) is 1.30. The van der Waals surface area contributed by atoms with E-state index < -0.39 is 0 Å². The molecule has 3 rings (SSSR count). The second-order valence-electron chi connectivity index (χ2n) is 7.53. The number of amides is 2. The van der Waals surface area contributed by atoms with Gasteiger partial charge in [0.25, 0.3) is 5.56 Å². The number of benzene rings is 2. The Morgan fingerprint density at radius 1 is 1.12 bits per heavy atom. The van der Waals surface area contributed by atoms with Crippen molar-refractivity contribution in [1.82, 2.24) is 14.5 Å². The molecule has 33 heavy (non-hydrogen) atoms. The van der Waals surface area contributed by atoms with Crippen LogP contribution in [0.2, 0.25) is 0 Å². The van der Waals surface area contributed by atoms with Crippen LogP contribution in [-0.4, -0.2) is 47.4 Å². The van der Waals surface area contributed by atoms with Crippen LogP contribution in [0.5, 0.6) is 5.75 Å². The van der Waals surface area contributed by atoms with E-state index >= 15 is 0 Å². The molecule has 8 heteroatoms. The number of methoxy groups -OCH3 is 1. The van der Waals surface area contributed by atoms with Gasteiger partial charge in [0.15, 0.2) is 0 Å². The minimum absolute atomic E-state index is 0.130. The maximum absolute atomic E-state index is 13.3. The fraction of sp³-hybridized carbons (Fsp3) is 0.400. The number of carbonyl (C=O) groups is 1. The van der Waals surface area contributed by atoms with Crippen molar-refractivity contribution >= 4 is 22.6 Å². The number of carbonyl (C=O) groups excluding carboxylic acids is 1. The van der Waals surface area contributed by atoms with E-state index in [0.29, 0.717) is 55.1 Å². The lowest BCUT2D eigenvalue weighted by Crippen LogP contribution is -2.41. The number of urea groups is 1. The van der Waals surface area contributed by atoms with Crippen molar-refractivity contribution in [2.45, 2.75) is 39.8 Å². The average molecular weight is 453 g/mol. The Hall–Kier alpha value is -3.39. The fourth-order valence-electron chi connectivity index (χ4n) is 3.88. The quantitative estimate of drug-likeness (QED) is 0.491. The van der Waals surface area contributed by atoms with Gasteiger partial charge in [-0.25, -0.2) is 9.78 Å². The number of fused-ring (bicyclic) bond motifs is 1. The Labute approximate surface area is 194 Å². The fourth-order valence-corrected chi connectivity index (χ4v) is 3.88. The molecule has 0 saturated heterocycles. The lowest BCUT2D eigenvalue weighted by atomic mass is 10.1. The Morgan fingerprint density at radius 2 is 1.85 bits per heavy atom. The Bertz CT molecular complexity index is 1130. The van der Waals surface area contributed by atoms with Crippen LogP contribution in [0, 0.1) is 0 Å². The van der Waals surface area contributed by atoms with Crippen LogP contribution in [0.15, 0.2) is 53.3 Å². The number of para-hydroxylation sites is 1. The lowest BCUT2D eigenvalue weighted by molar-refractivity contribution is 0.172. The summed E-state index contributed by atoms with van der Waals surface area (Å²) in [5, 5.41) is 3.50. The molecule has 2 amide bonds. The number of rotatable bonds is 10. The first kappa shape index (κ1) is 24.3. The highest BCUT2D eigenvalue weighted by Gasteiger charge is 2.27. The van der Waals surface area contributed by atoms with Gasteiger partial charge in [-0.2, -0.15) is 0 Å². The van der Waals surface area contributed by atoms with Gasteiger partial charge in [0.1, 0.15) is 11.6 Å². The number of nitrogens with one attached hydrogen (secondary N) is 1. The molecule has 176 valence electrons. The second kappa shape index (κ2) is 11.5. The smallest absolute Gasteiger partial charge is 0.322 e. The highest BCUT2D eigenvalue weighted by molar-refractivity contribution is 5.89. The molecule has 1 N–H and O–H groups in total. The van der Waals surface area contributed by atoms with Crippen molar-refractivity contribution in [3.05, 3.63) is 64.7 Å². The SMILES string of the molecule is CCOc1ccc(NC(=O)N(CC)C(CC)c2nc3ccccc3c(=O)n2CCOC)cc1. The summed E-state index contributed by atoms with van der Waals surface area (Å²) in [6.07, 6.45) is 0.600. The van der Waals surface area contributed by atoms with Crippen molar-refractivity contribution in [1.29, 1.82) is 0 Å². The van der Waals surface area contributed by atoms with Gasteiger partial charge in [-0.05, 0) is 56.7 Å². The third kappa shape index (κ3) is 5.51. The van der Waals surface area contributed by atoms with Crippen molar-refractivity contribution in [3.8, 4) is 5.75 Å². The topological polar surface area (TPSA) is 85.7 Å². The zero-order chi connectivity index (χ0) is 23.8. The second-order valence-corrected chi connectivity index (χ2v) is 7.53. The third-order valence-electron chi connectivity index (χ3n) is 5.49. The molecule has 3 aromatic rings. The molecule has 0 aliphatic carbocycles.